The van der Waals surface area contributed by atoms with Crippen LogP contribution in [0.1, 0.15) is 44.7 Å². The van der Waals surface area contributed by atoms with Gasteiger partial charge in [0.2, 0.25) is 0 Å². The minimum atomic E-state index is -0.194. The quantitative estimate of drug-likeness (QED) is 0.745. The Kier molecular flexibility index (Phi) is 6.91. The van der Waals surface area contributed by atoms with Gasteiger partial charge in [0.05, 0.1) is 0 Å². The van der Waals surface area contributed by atoms with E-state index in [9.17, 15) is 4.39 Å². The summed E-state index contributed by atoms with van der Waals surface area (Å²) in [6, 6.07) is 6.95. The predicted molar refractivity (Wildman–Crippen MR) is 72.9 cm³/mol. The molecular formula is C15H24FNO. The maximum Gasteiger partial charge on any atom is 0.123 e. The molecule has 0 radical (unpaired) electrons. The fourth-order valence-electron chi connectivity index (χ4n) is 2.14. The average molecular weight is 253 g/mol. The van der Waals surface area contributed by atoms with Crippen LogP contribution in [0.3, 0.4) is 0 Å². The van der Waals surface area contributed by atoms with E-state index in [1.165, 1.54) is 12.1 Å². The lowest BCUT2D eigenvalue weighted by Crippen LogP contribution is -2.27. The van der Waals surface area contributed by atoms with E-state index in [0.717, 1.165) is 31.4 Å². The summed E-state index contributed by atoms with van der Waals surface area (Å²) < 4.78 is 12.9. The highest BCUT2D eigenvalue weighted by molar-refractivity contribution is 5.19. The van der Waals surface area contributed by atoms with Gasteiger partial charge in [-0.1, -0.05) is 32.4 Å². The van der Waals surface area contributed by atoms with Crippen LogP contribution in [0, 0.1) is 11.7 Å². The summed E-state index contributed by atoms with van der Waals surface area (Å²) in [6.45, 7) is 5.40. The van der Waals surface area contributed by atoms with Crippen LogP contribution in [0.15, 0.2) is 24.3 Å². The monoisotopic (exact) mass is 253 g/mol. The maximum absolute atomic E-state index is 12.9. The van der Waals surface area contributed by atoms with Gasteiger partial charge in [0, 0.05) is 12.6 Å². The number of rotatable bonds is 8. The van der Waals surface area contributed by atoms with Crippen molar-refractivity contribution >= 4 is 0 Å². The molecule has 3 heteroatoms. The van der Waals surface area contributed by atoms with Crippen molar-refractivity contribution in [1.82, 2.24) is 5.32 Å². The van der Waals surface area contributed by atoms with E-state index in [4.69, 9.17) is 5.11 Å². The highest BCUT2D eigenvalue weighted by Gasteiger charge is 2.11. The number of aliphatic hydroxyl groups excluding tert-OH is 1. The summed E-state index contributed by atoms with van der Waals surface area (Å²) in [5.41, 5.74) is 1.12. The largest absolute Gasteiger partial charge is 0.396 e. The molecule has 102 valence electrons. The number of hydrogen-bond donors (Lipinski definition) is 2. The third-order valence-electron chi connectivity index (χ3n) is 3.45. The van der Waals surface area contributed by atoms with E-state index in [1.807, 2.05) is 12.1 Å². The molecule has 2 unspecified atom stereocenters. The minimum absolute atomic E-state index is 0.194. The second-order valence-corrected chi connectivity index (χ2v) is 4.71. The minimum Gasteiger partial charge on any atom is -0.396 e. The molecule has 1 rings (SSSR count). The maximum atomic E-state index is 12.9. The molecule has 0 aliphatic rings. The van der Waals surface area contributed by atoms with Crippen molar-refractivity contribution < 1.29 is 9.50 Å². The van der Waals surface area contributed by atoms with E-state index < -0.39 is 0 Å². The third-order valence-corrected chi connectivity index (χ3v) is 3.45. The zero-order chi connectivity index (χ0) is 13.4. The molecule has 0 heterocycles. The summed E-state index contributed by atoms with van der Waals surface area (Å²) in [4.78, 5) is 0. The van der Waals surface area contributed by atoms with Gasteiger partial charge in [-0.15, -0.1) is 0 Å². The van der Waals surface area contributed by atoms with Crippen molar-refractivity contribution in [2.75, 3.05) is 13.2 Å². The smallest absolute Gasteiger partial charge is 0.123 e. The number of hydrogen-bond acceptors (Lipinski definition) is 2. The first-order valence-electron chi connectivity index (χ1n) is 6.80. The van der Waals surface area contributed by atoms with Gasteiger partial charge in [-0.05, 0) is 43.0 Å². The van der Waals surface area contributed by atoms with E-state index in [2.05, 4.69) is 19.2 Å². The Morgan fingerprint density at radius 1 is 1.17 bits per heavy atom. The summed E-state index contributed by atoms with van der Waals surface area (Å²) >= 11 is 0. The third kappa shape index (κ3) is 4.75. The van der Waals surface area contributed by atoms with E-state index in [1.54, 1.807) is 0 Å². The van der Waals surface area contributed by atoms with Gasteiger partial charge in [-0.3, -0.25) is 0 Å². The molecule has 0 aromatic heterocycles. The Labute approximate surface area is 109 Å². The predicted octanol–water partition coefficient (Wildman–Crippen LogP) is 3.28. The Balaban J connectivity index is 2.53. The van der Waals surface area contributed by atoms with Crippen molar-refractivity contribution in [1.29, 1.82) is 0 Å². The van der Waals surface area contributed by atoms with Crippen LogP contribution in [-0.4, -0.2) is 18.3 Å². The SMILES string of the molecule is CCC(CCO)CNC(CC)c1ccc(F)cc1. The molecule has 1 aromatic rings. The molecule has 0 bridgehead atoms. The molecular weight excluding hydrogens is 229 g/mol. The first-order chi connectivity index (χ1) is 8.71. The van der Waals surface area contributed by atoms with E-state index in [-0.39, 0.29) is 18.5 Å². The van der Waals surface area contributed by atoms with Gasteiger partial charge in [0.1, 0.15) is 5.82 Å². The molecule has 2 N–H and O–H groups in total. The van der Waals surface area contributed by atoms with Crippen molar-refractivity contribution in [2.45, 2.75) is 39.2 Å². The van der Waals surface area contributed by atoms with Gasteiger partial charge in [-0.2, -0.15) is 0 Å². The standard InChI is InChI=1S/C15H24FNO/c1-3-12(9-10-18)11-17-15(4-2)13-5-7-14(16)8-6-13/h5-8,12,15,17-18H,3-4,9-11H2,1-2H3. The molecule has 0 spiro atoms. The summed E-state index contributed by atoms with van der Waals surface area (Å²) in [5.74, 6) is 0.310. The normalized spacial score (nSPS) is 14.4. The van der Waals surface area contributed by atoms with E-state index in [0.29, 0.717) is 5.92 Å². The number of benzene rings is 1. The molecule has 0 amide bonds. The molecule has 0 saturated heterocycles. The number of nitrogens with one attached hydrogen (secondary N) is 1. The van der Waals surface area contributed by atoms with Crippen LogP contribution >= 0.6 is 0 Å². The van der Waals surface area contributed by atoms with Gasteiger partial charge < -0.3 is 10.4 Å². The van der Waals surface area contributed by atoms with Crippen molar-refractivity contribution in [2.24, 2.45) is 5.92 Å². The molecule has 18 heavy (non-hydrogen) atoms. The average Bonchev–Trinajstić information content (AvgIpc) is 2.40. The highest BCUT2D eigenvalue weighted by atomic mass is 19.1. The first-order valence-corrected chi connectivity index (χ1v) is 6.80. The van der Waals surface area contributed by atoms with Crippen LogP contribution in [0.2, 0.25) is 0 Å². The van der Waals surface area contributed by atoms with Crippen LogP contribution < -0.4 is 5.32 Å². The Hall–Kier alpha value is -0.930. The lowest BCUT2D eigenvalue weighted by molar-refractivity contribution is 0.248. The van der Waals surface area contributed by atoms with Crippen LogP contribution in [0.5, 0.6) is 0 Å². The first kappa shape index (κ1) is 15.1. The number of halogens is 1. The Bertz CT molecular complexity index is 326. The Morgan fingerprint density at radius 3 is 2.33 bits per heavy atom. The zero-order valence-electron chi connectivity index (χ0n) is 11.3. The van der Waals surface area contributed by atoms with Crippen molar-refractivity contribution in [3.8, 4) is 0 Å². The highest BCUT2D eigenvalue weighted by Crippen LogP contribution is 2.18. The fourth-order valence-corrected chi connectivity index (χ4v) is 2.14. The van der Waals surface area contributed by atoms with E-state index >= 15 is 0 Å². The lowest BCUT2D eigenvalue weighted by Gasteiger charge is -2.21. The van der Waals surface area contributed by atoms with Crippen LogP contribution in [0.25, 0.3) is 0 Å². The second-order valence-electron chi connectivity index (χ2n) is 4.71. The van der Waals surface area contributed by atoms with Gasteiger partial charge >= 0.3 is 0 Å². The summed E-state index contributed by atoms with van der Waals surface area (Å²) in [6.07, 6.45) is 2.87. The lowest BCUT2D eigenvalue weighted by atomic mass is 10.00. The molecule has 0 aliphatic carbocycles. The van der Waals surface area contributed by atoms with Crippen molar-refractivity contribution in [3.05, 3.63) is 35.6 Å². The Morgan fingerprint density at radius 2 is 1.83 bits per heavy atom. The van der Waals surface area contributed by atoms with Crippen LogP contribution in [-0.2, 0) is 0 Å². The van der Waals surface area contributed by atoms with Crippen LogP contribution in [0.4, 0.5) is 4.39 Å². The molecule has 0 fully saturated rings. The molecule has 2 atom stereocenters. The topological polar surface area (TPSA) is 32.3 Å². The number of aliphatic hydroxyl groups is 1. The fraction of sp³-hybridized carbons (Fsp3) is 0.600. The second kappa shape index (κ2) is 8.22. The molecule has 2 nitrogen and oxygen atoms in total. The molecule has 1 aromatic carbocycles. The molecule has 0 saturated carbocycles. The zero-order valence-corrected chi connectivity index (χ0v) is 11.3. The van der Waals surface area contributed by atoms with Gasteiger partial charge in [0.15, 0.2) is 0 Å². The van der Waals surface area contributed by atoms with Gasteiger partial charge in [0.25, 0.3) is 0 Å². The summed E-state index contributed by atoms with van der Waals surface area (Å²) in [5, 5.41) is 12.5. The van der Waals surface area contributed by atoms with Crippen molar-refractivity contribution in [3.63, 3.8) is 0 Å². The van der Waals surface area contributed by atoms with Gasteiger partial charge in [-0.25, -0.2) is 4.39 Å². The molecule has 0 aliphatic heterocycles. The summed E-state index contributed by atoms with van der Waals surface area (Å²) in [7, 11) is 0.